The molecule has 3 aromatic carbocycles. The highest BCUT2D eigenvalue weighted by Crippen LogP contribution is 2.19. The molecule has 3 aromatic rings. The molecule has 0 amide bonds. The molecular weight excluding hydrogens is 355 g/mol. The summed E-state index contributed by atoms with van der Waals surface area (Å²) in [5, 5.41) is 2.48. The van der Waals surface area contributed by atoms with E-state index in [0.717, 1.165) is 12.1 Å². The molecule has 0 saturated heterocycles. The molecule has 0 bridgehead atoms. The molecule has 0 aliphatic rings. The van der Waals surface area contributed by atoms with Gasteiger partial charge in [0.2, 0.25) is 0 Å². The molecule has 0 spiro atoms. The maximum atomic E-state index is 4.73. The minimum atomic E-state index is -1.03. The van der Waals surface area contributed by atoms with Gasteiger partial charge < -0.3 is 4.30 Å². The zero-order valence-electron chi connectivity index (χ0n) is 17.2. The van der Waals surface area contributed by atoms with E-state index in [1.807, 2.05) is 12.3 Å². The lowest BCUT2D eigenvalue weighted by Crippen LogP contribution is -2.24. The van der Waals surface area contributed by atoms with Crippen LogP contribution in [0.5, 0.6) is 0 Å². The lowest BCUT2D eigenvalue weighted by molar-refractivity contribution is 1.09. The first kappa shape index (κ1) is 20.4. The Kier molecular flexibility index (Phi) is 7.48. The van der Waals surface area contributed by atoms with Crippen molar-refractivity contribution in [2.75, 3.05) is 4.30 Å². The molecule has 2 nitrogen and oxygen atoms in total. The number of anilines is 1. The van der Waals surface area contributed by atoms with Crippen molar-refractivity contribution in [1.29, 1.82) is 0 Å². The van der Waals surface area contributed by atoms with E-state index >= 15 is 0 Å². The van der Waals surface area contributed by atoms with Crippen LogP contribution in [0.15, 0.2) is 77.8 Å². The predicted molar refractivity (Wildman–Crippen MR) is 124 cm³/mol. The fraction of sp³-hybridized carbons (Fsp3) is 0.240. The van der Waals surface area contributed by atoms with Crippen LogP contribution in [-0.2, 0) is 6.42 Å². The average molecular weight is 385 g/mol. The van der Waals surface area contributed by atoms with Crippen LogP contribution in [0.2, 0.25) is 10.6 Å². The van der Waals surface area contributed by atoms with Gasteiger partial charge in [-0.2, -0.15) is 0 Å². The van der Waals surface area contributed by atoms with Crippen molar-refractivity contribution < 1.29 is 0 Å². The maximum absolute atomic E-state index is 4.73. The highest BCUT2D eigenvalue weighted by atomic mass is 27.2. The highest BCUT2D eigenvalue weighted by molar-refractivity contribution is 6.62. The monoisotopic (exact) mass is 384 g/mol. The summed E-state index contributed by atoms with van der Waals surface area (Å²) in [7, 11) is 0. The summed E-state index contributed by atoms with van der Waals surface area (Å²) in [5.41, 5.74) is 7.43. The Morgan fingerprint density at radius 2 is 1.61 bits per heavy atom. The summed E-state index contributed by atoms with van der Waals surface area (Å²) in [5.74, 6) is 0. The first-order valence-corrected chi connectivity index (χ1v) is 12.4. The number of hydrogen-bond acceptors (Lipinski definition) is 2. The van der Waals surface area contributed by atoms with Gasteiger partial charge in [-0.25, -0.2) is 0 Å². The SMILES string of the molecule is C[CH2][Al]([CH2]Cc1ccccc1C=Nc1ccccc1C)[NH]c1ccc(C)cc1. The number of hydrogen-bond donors (Lipinski definition) is 1. The van der Waals surface area contributed by atoms with Crippen LogP contribution < -0.4 is 4.30 Å². The normalized spacial score (nSPS) is 11.0. The quantitative estimate of drug-likeness (QED) is 0.338. The van der Waals surface area contributed by atoms with E-state index in [9.17, 15) is 0 Å². The molecule has 0 fully saturated rings. The largest absolute Gasteiger partial charge is 0.476 e. The summed E-state index contributed by atoms with van der Waals surface area (Å²) in [6, 6.07) is 25.7. The molecule has 0 aliphatic carbocycles. The molecule has 0 saturated carbocycles. The molecule has 0 aliphatic heterocycles. The maximum Gasteiger partial charge on any atom is 0.411 e. The second kappa shape index (κ2) is 10.3. The summed E-state index contributed by atoms with van der Waals surface area (Å²) < 4.78 is 3.82. The molecule has 0 unspecified atom stereocenters. The molecule has 0 atom stereocenters. The number of nitrogens with zero attached hydrogens (tertiary/aromatic N) is 1. The molecule has 3 heteroatoms. The molecular formula is C25H29AlN2. The van der Waals surface area contributed by atoms with E-state index < -0.39 is 14.4 Å². The van der Waals surface area contributed by atoms with E-state index in [1.54, 1.807) is 0 Å². The van der Waals surface area contributed by atoms with Crippen molar-refractivity contribution in [3.05, 3.63) is 95.1 Å². The number of nitrogens with one attached hydrogen (secondary N) is 1. The van der Waals surface area contributed by atoms with Gasteiger partial charge in [0.15, 0.2) is 0 Å². The fourth-order valence-electron chi connectivity index (χ4n) is 3.33. The van der Waals surface area contributed by atoms with E-state index in [-0.39, 0.29) is 0 Å². The zero-order valence-corrected chi connectivity index (χ0v) is 18.3. The molecule has 0 aromatic heterocycles. The minimum Gasteiger partial charge on any atom is -0.476 e. The highest BCUT2D eigenvalue weighted by Gasteiger charge is 2.17. The van der Waals surface area contributed by atoms with Crippen LogP contribution in [0, 0.1) is 13.8 Å². The fourth-order valence-corrected chi connectivity index (χ4v) is 5.41. The lowest BCUT2D eigenvalue weighted by atomic mass is 10.1. The van der Waals surface area contributed by atoms with Gasteiger partial charge in [-0.05, 0) is 55.2 Å². The Bertz CT molecular complexity index is 916. The Morgan fingerprint density at radius 1 is 0.893 bits per heavy atom. The van der Waals surface area contributed by atoms with E-state index in [4.69, 9.17) is 4.99 Å². The third kappa shape index (κ3) is 5.83. The van der Waals surface area contributed by atoms with Gasteiger partial charge in [0.1, 0.15) is 0 Å². The summed E-state index contributed by atoms with van der Waals surface area (Å²) in [6.07, 6.45) is 3.12. The van der Waals surface area contributed by atoms with Crippen LogP contribution in [-0.4, -0.2) is 20.6 Å². The summed E-state index contributed by atoms with van der Waals surface area (Å²) in [4.78, 5) is 4.73. The Balaban J connectivity index is 1.67. The molecule has 1 N–H and O–H groups in total. The van der Waals surface area contributed by atoms with Gasteiger partial charge in [-0.1, -0.05) is 77.7 Å². The van der Waals surface area contributed by atoms with Crippen molar-refractivity contribution in [2.24, 2.45) is 4.99 Å². The third-order valence-corrected chi connectivity index (χ3v) is 7.90. The van der Waals surface area contributed by atoms with Crippen molar-refractivity contribution >= 4 is 32.0 Å². The summed E-state index contributed by atoms with van der Waals surface area (Å²) >= 11 is -1.03. The van der Waals surface area contributed by atoms with Crippen LogP contribution in [0.3, 0.4) is 0 Å². The molecule has 3 rings (SSSR count). The average Bonchev–Trinajstić information content (AvgIpc) is 2.72. The number of para-hydroxylation sites is 1. The van der Waals surface area contributed by atoms with Crippen LogP contribution in [0.4, 0.5) is 11.4 Å². The van der Waals surface area contributed by atoms with Gasteiger partial charge in [-0.15, -0.1) is 0 Å². The number of rotatable bonds is 8. The number of aryl methyl sites for hydroxylation is 3. The predicted octanol–water partition coefficient (Wildman–Crippen LogP) is 6.72. The van der Waals surface area contributed by atoms with E-state index in [2.05, 4.69) is 91.8 Å². The third-order valence-electron chi connectivity index (χ3n) is 5.19. The zero-order chi connectivity index (χ0) is 19.8. The van der Waals surface area contributed by atoms with Gasteiger partial charge in [0.05, 0.1) is 5.69 Å². The first-order chi connectivity index (χ1) is 13.7. The second-order valence-electron chi connectivity index (χ2n) is 7.40. The Morgan fingerprint density at radius 3 is 2.36 bits per heavy atom. The minimum absolute atomic E-state index is 1.03. The molecule has 0 heterocycles. The molecule has 142 valence electrons. The molecule has 28 heavy (non-hydrogen) atoms. The van der Waals surface area contributed by atoms with E-state index in [0.29, 0.717) is 0 Å². The standard InChI is InChI=1S/C16H16N.C7H8N.C2H5.Al/c1-3-14-9-5-6-10-15(14)12-17-16-11-7-4-8-13(16)2;1-6-2-4-7(8)5-3-6;1-2;/h4-12H,1,3H2,2H3;2-5,8H,1H3;1H2,2H3;/q;-1;;+1. The van der Waals surface area contributed by atoms with Crippen molar-refractivity contribution in [1.82, 2.24) is 0 Å². The van der Waals surface area contributed by atoms with E-state index in [1.165, 1.54) is 38.5 Å². The van der Waals surface area contributed by atoms with Crippen LogP contribution in [0.1, 0.15) is 29.2 Å². The van der Waals surface area contributed by atoms with Gasteiger partial charge in [0.25, 0.3) is 0 Å². The Hall–Kier alpha value is -2.34. The Labute approximate surface area is 174 Å². The van der Waals surface area contributed by atoms with Gasteiger partial charge >= 0.3 is 14.4 Å². The molecule has 0 radical (unpaired) electrons. The number of benzene rings is 3. The van der Waals surface area contributed by atoms with Gasteiger partial charge in [0, 0.05) is 11.9 Å². The van der Waals surface area contributed by atoms with Crippen molar-refractivity contribution in [3.63, 3.8) is 0 Å². The van der Waals surface area contributed by atoms with Crippen molar-refractivity contribution in [3.8, 4) is 0 Å². The lowest BCUT2D eigenvalue weighted by Gasteiger charge is -2.14. The second-order valence-corrected chi connectivity index (χ2v) is 10.5. The smallest absolute Gasteiger partial charge is 0.411 e. The summed E-state index contributed by atoms with van der Waals surface area (Å²) in [6.45, 7) is 6.55. The number of aliphatic imine (C=N–C) groups is 1. The van der Waals surface area contributed by atoms with Crippen LogP contribution in [0.25, 0.3) is 0 Å². The topological polar surface area (TPSA) is 24.4 Å². The van der Waals surface area contributed by atoms with Gasteiger partial charge in [-0.3, -0.25) is 4.99 Å². The van der Waals surface area contributed by atoms with Crippen LogP contribution >= 0.6 is 0 Å². The van der Waals surface area contributed by atoms with Crippen molar-refractivity contribution in [2.45, 2.75) is 37.8 Å². The first-order valence-electron chi connectivity index (χ1n) is 10.2.